The molecule has 0 radical (unpaired) electrons. The molecule has 0 spiro atoms. The second-order valence-electron chi connectivity index (χ2n) is 3.98. The molecule has 0 aromatic heterocycles. The quantitative estimate of drug-likeness (QED) is 0.662. The number of nitro benzene ring substituents is 1. The van der Waals surface area contributed by atoms with E-state index in [1.807, 2.05) is 0 Å². The number of nitro groups is 1. The van der Waals surface area contributed by atoms with Crippen molar-refractivity contribution in [2.45, 2.75) is 19.0 Å². The molecule has 1 atom stereocenters. The highest BCUT2D eigenvalue weighted by molar-refractivity contribution is 6.32. The van der Waals surface area contributed by atoms with Gasteiger partial charge in [0.15, 0.2) is 0 Å². The van der Waals surface area contributed by atoms with Gasteiger partial charge < -0.3 is 10.1 Å². The number of halogens is 1. The average molecular weight is 257 g/mol. The summed E-state index contributed by atoms with van der Waals surface area (Å²) in [5.74, 6) is 0. The second kappa shape index (κ2) is 5.44. The highest BCUT2D eigenvalue weighted by Crippen LogP contribution is 2.25. The van der Waals surface area contributed by atoms with Gasteiger partial charge in [0.05, 0.1) is 11.5 Å². The van der Waals surface area contributed by atoms with Crippen LogP contribution < -0.4 is 5.32 Å². The summed E-state index contributed by atoms with van der Waals surface area (Å²) in [7, 11) is 0. The van der Waals surface area contributed by atoms with Crippen molar-refractivity contribution in [3.05, 3.63) is 38.9 Å². The standard InChI is InChI=1S/C11H13ClN2O3/c12-10-2-1-8(5-11(10)14(15)16)6-13-9-3-4-17-7-9/h1-2,5,9,13H,3-4,6-7H2. The van der Waals surface area contributed by atoms with E-state index in [4.69, 9.17) is 16.3 Å². The minimum Gasteiger partial charge on any atom is -0.380 e. The molecule has 2 rings (SSSR count). The second-order valence-corrected chi connectivity index (χ2v) is 4.39. The van der Waals surface area contributed by atoms with Crippen LogP contribution in [-0.4, -0.2) is 24.2 Å². The van der Waals surface area contributed by atoms with Crippen LogP contribution >= 0.6 is 11.6 Å². The first-order valence-electron chi connectivity index (χ1n) is 5.41. The molecule has 1 N–H and O–H groups in total. The van der Waals surface area contributed by atoms with Crippen molar-refractivity contribution >= 4 is 17.3 Å². The highest BCUT2D eigenvalue weighted by atomic mass is 35.5. The Balaban J connectivity index is 2.00. The van der Waals surface area contributed by atoms with E-state index in [1.165, 1.54) is 6.07 Å². The van der Waals surface area contributed by atoms with Gasteiger partial charge in [-0.15, -0.1) is 0 Å². The van der Waals surface area contributed by atoms with Crippen LogP contribution in [0.3, 0.4) is 0 Å². The number of rotatable bonds is 4. The summed E-state index contributed by atoms with van der Waals surface area (Å²) in [4.78, 5) is 10.2. The fourth-order valence-corrected chi connectivity index (χ4v) is 1.95. The molecular weight excluding hydrogens is 244 g/mol. The first-order valence-corrected chi connectivity index (χ1v) is 5.78. The van der Waals surface area contributed by atoms with Crippen molar-refractivity contribution in [1.29, 1.82) is 0 Å². The van der Waals surface area contributed by atoms with Crippen molar-refractivity contribution in [2.24, 2.45) is 0 Å². The van der Waals surface area contributed by atoms with Gasteiger partial charge in [-0.05, 0) is 18.1 Å². The molecule has 1 aliphatic heterocycles. The lowest BCUT2D eigenvalue weighted by Gasteiger charge is -2.10. The van der Waals surface area contributed by atoms with Crippen LogP contribution in [0.15, 0.2) is 18.2 Å². The van der Waals surface area contributed by atoms with Crippen LogP contribution in [0.1, 0.15) is 12.0 Å². The maximum Gasteiger partial charge on any atom is 0.288 e. The van der Waals surface area contributed by atoms with Crippen LogP contribution in [0.5, 0.6) is 0 Å². The van der Waals surface area contributed by atoms with Crippen LogP contribution in [-0.2, 0) is 11.3 Å². The Morgan fingerprint density at radius 1 is 1.59 bits per heavy atom. The van der Waals surface area contributed by atoms with Gasteiger partial charge in [0.25, 0.3) is 5.69 Å². The largest absolute Gasteiger partial charge is 0.380 e. The Hall–Kier alpha value is -1.17. The van der Waals surface area contributed by atoms with Gasteiger partial charge in [0.1, 0.15) is 5.02 Å². The zero-order valence-electron chi connectivity index (χ0n) is 9.19. The minimum absolute atomic E-state index is 0.0476. The van der Waals surface area contributed by atoms with E-state index < -0.39 is 4.92 Å². The first kappa shape index (κ1) is 12.3. The van der Waals surface area contributed by atoms with E-state index in [1.54, 1.807) is 12.1 Å². The van der Waals surface area contributed by atoms with Gasteiger partial charge >= 0.3 is 0 Å². The minimum atomic E-state index is -0.468. The van der Waals surface area contributed by atoms with E-state index >= 15 is 0 Å². The molecule has 1 aromatic carbocycles. The van der Waals surface area contributed by atoms with Crippen molar-refractivity contribution in [2.75, 3.05) is 13.2 Å². The summed E-state index contributed by atoms with van der Waals surface area (Å²) >= 11 is 5.74. The molecule has 0 bridgehead atoms. The molecule has 0 saturated carbocycles. The molecule has 6 heteroatoms. The van der Waals surface area contributed by atoms with Crippen molar-refractivity contribution < 1.29 is 9.66 Å². The van der Waals surface area contributed by atoms with E-state index in [-0.39, 0.29) is 10.7 Å². The fourth-order valence-electron chi connectivity index (χ4n) is 1.77. The lowest BCUT2D eigenvalue weighted by Crippen LogP contribution is -2.28. The predicted octanol–water partition coefficient (Wildman–Crippen LogP) is 2.13. The van der Waals surface area contributed by atoms with Gasteiger partial charge in [-0.2, -0.15) is 0 Å². The number of nitrogens with one attached hydrogen (secondary N) is 1. The van der Waals surface area contributed by atoms with Crippen molar-refractivity contribution in [3.8, 4) is 0 Å². The Morgan fingerprint density at radius 3 is 3.06 bits per heavy atom. The van der Waals surface area contributed by atoms with Crippen LogP contribution in [0.4, 0.5) is 5.69 Å². The molecule has 5 nitrogen and oxygen atoms in total. The molecule has 0 amide bonds. The maximum atomic E-state index is 10.7. The van der Waals surface area contributed by atoms with Gasteiger partial charge in [0, 0.05) is 25.3 Å². The monoisotopic (exact) mass is 256 g/mol. The van der Waals surface area contributed by atoms with Gasteiger partial charge in [0.2, 0.25) is 0 Å². The molecule has 92 valence electrons. The normalized spacial score (nSPS) is 19.5. The SMILES string of the molecule is O=[N+]([O-])c1cc(CNC2CCOC2)ccc1Cl. The summed E-state index contributed by atoms with van der Waals surface area (Å²) < 4.78 is 5.23. The lowest BCUT2D eigenvalue weighted by molar-refractivity contribution is -0.384. The molecule has 1 heterocycles. The molecule has 1 saturated heterocycles. The fraction of sp³-hybridized carbons (Fsp3) is 0.455. The van der Waals surface area contributed by atoms with Crippen LogP contribution in [0, 0.1) is 10.1 Å². The summed E-state index contributed by atoms with van der Waals surface area (Å²) in [5, 5.41) is 14.2. The van der Waals surface area contributed by atoms with Gasteiger partial charge in [-0.3, -0.25) is 10.1 Å². The van der Waals surface area contributed by atoms with E-state index in [0.717, 1.165) is 18.6 Å². The maximum absolute atomic E-state index is 10.7. The summed E-state index contributed by atoms with van der Waals surface area (Å²) in [5.41, 5.74) is 0.807. The van der Waals surface area contributed by atoms with Crippen LogP contribution in [0.2, 0.25) is 5.02 Å². The number of hydrogen-bond acceptors (Lipinski definition) is 4. The Bertz CT molecular complexity index is 419. The van der Waals surface area contributed by atoms with Crippen molar-refractivity contribution in [1.82, 2.24) is 5.32 Å². The summed E-state index contributed by atoms with van der Waals surface area (Å²) in [6.45, 7) is 2.07. The van der Waals surface area contributed by atoms with Gasteiger partial charge in [-0.1, -0.05) is 17.7 Å². The summed E-state index contributed by atoms with van der Waals surface area (Å²) in [6.07, 6.45) is 0.982. The van der Waals surface area contributed by atoms with Gasteiger partial charge in [-0.25, -0.2) is 0 Å². The Labute approximate surface area is 104 Å². The molecule has 1 unspecified atom stereocenters. The predicted molar refractivity (Wildman–Crippen MR) is 64.2 cm³/mol. The molecular formula is C11H13ClN2O3. The topological polar surface area (TPSA) is 64.4 Å². The van der Waals surface area contributed by atoms with Crippen LogP contribution in [0.25, 0.3) is 0 Å². The third-order valence-corrected chi connectivity index (χ3v) is 3.05. The zero-order chi connectivity index (χ0) is 12.3. The third-order valence-electron chi connectivity index (χ3n) is 2.73. The molecule has 0 aliphatic carbocycles. The Morgan fingerprint density at radius 2 is 2.41 bits per heavy atom. The molecule has 1 fully saturated rings. The number of nitrogens with zero attached hydrogens (tertiary/aromatic N) is 1. The first-order chi connectivity index (χ1) is 8.16. The number of ether oxygens (including phenoxy) is 1. The molecule has 1 aromatic rings. The Kier molecular flexibility index (Phi) is 3.93. The molecule has 1 aliphatic rings. The van der Waals surface area contributed by atoms with E-state index in [2.05, 4.69) is 5.32 Å². The summed E-state index contributed by atoms with van der Waals surface area (Å²) in [6, 6.07) is 5.19. The lowest BCUT2D eigenvalue weighted by atomic mass is 10.2. The van der Waals surface area contributed by atoms with E-state index in [0.29, 0.717) is 19.2 Å². The highest BCUT2D eigenvalue weighted by Gasteiger charge is 2.16. The molecule has 17 heavy (non-hydrogen) atoms. The number of hydrogen-bond donors (Lipinski definition) is 1. The number of benzene rings is 1. The zero-order valence-corrected chi connectivity index (χ0v) is 9.94. The van der Waals surface area contributed by atoms with Crippen molar-refractivity contribution in [3.63, 3.8) is 0 Å². The third kappa shape index (κ3) is 3.15. The van der Waals surface area contributed by atoms with E-state index in [9.17, 15) is 10.1 Å². The smallest absolute Gasteiger partial charge is 0.288 e. The average Bonchev–Trinajstić information content (AvgIpc) is 2.80.